The van der Waals surface area contributed by atoms with Gasteiger partial charge in [0.2, 0.25) is 6.79 Å². The molecule has 0 fully saturated rings. The van der Waals surface area contributed by atoms with Gasteiger partial charge in [-0.1, -0.05) is 5.11 Å². The van der Waals surface area contributed by atoms with Crippen molar-refractivity contribution in [1.29, 1.82) is 0 Å². The summed E-state index contributed by atoms with van der Waals surface area (Å²) in [5.74, 6) is 0.0947. The number of aliphatic carboxylic acids is 1. The lowest BCUT2D eigenvalue weighted by Crippen LogP contribution is -2.29. The second kappa shape index (κ2) is 7.16. The fourth-order valence-electron chi connectivity index (χ4n) is 1.94. The molecule has 2 rings (SSSR count). The Balaban J connectivity index is 2.09. The smallest absolute Gasteiger partial charge is 0.325 e. The van der Waals surface area contributed by atoms with Crippen LogP contribution in [0.2, 0.25) is 0 Å². The standard InChI is InChI=1S/C12H13BrN4O4/c13-8-4-7(5-9-11(8)21-6-20-9)10(12(18)19)15-2-1-3-16-17-14/h4-5,10,15H,1-3,6H2,(H,18,19). The zero-order valence-corrected chi connectivity index (χ0v) is 12.5. The maximum absolute atomic E-state index is 11.4. The number of hydrogen-bond acceptors (Lipinski definition) is 5. The lowest BCUT2D eigenvalue weighted by atomic mass is 10.1. The number of carboxylic acids is 1. The van der Waals surface area contributed by atoms with Crippen LogP contribution in [0.5, 0.6) is 11.5 Å². The summed E-state index contributed by atoms with van der Waals surface area (Å²) in [6, 6.07) is 2.46. The SMILES string of the molecule is [N-]=[N+]=NCCCNC(C(=O)O)c1cc(Br)c2c(c1)OCO2. The molecule has 112 valence electrons. The highest BCUT2D eigenvalue weighted by molar-refractivity contribution is 9.10. The molecule has 1 atom stereocenters. The number of azide groups is 1. The van der Waals surface area contributed by atoms with E-state index in [1.54, 1.807) is 12.1 Å². The molecule has 8 nitrogen and oxygen atoms in total. The molecule has 0 radical (unpaired) electrons. The van der Waals surface area contributed by atoms with E-state index in [2.05, 4.69) is 31.3 Å². The van der Waals surface area contributed by atoms with Gasteiger partial charge in [0.05, 0.1) is 4.47 Å². The Morgan fingerprint density at radius 1 is 1.57 bits per heavy atom. The molecule has 0 spiro atoms. The van der Waals surface area contributed by atoms with E-state index in [-0.39, 0.29) is 6.79 Å². The molecule has 1 heterocycles. The van der Waals surface area contributed by atoms with Crippen LogP contribution in [0.15, 0.2) is 21.7 Å². The van der Waals surface area contributed by atoms with Crippen molar-refractivity contribution in [2.45, 2.75) is 12.5 Å². The van der Waals surface area contributed by atoms with Crippen LogP contribution in [0.25, 0.3) is 10.4 Å². The van der Waals surface area contributed by atoms with Crippen LogP contribution in [0, 0.1) is 0 Å². The van der Waals surface area contributed by atoms with Crippen LogP contribution < -0.4 is 14.8 Å². The Labute approximate surface area is 128 Å². The summed E-state index contributed by atoms with van der Waals surface area (Å²) in [5.41, 5.74) is 8.73. The van der Waals surface area contributed by atoms with Gasteiger partial charge in [0.15, 0.2) is 11.5 Å². The van der Waals surface area contributed by atoms with E-state index in [1.807, 2.05) is 0 Å². The van der Waals surface area contributed by atoms with Crippen LogP contribution >= 0.6 is 15.9 Å². The van der Waals surface area contributed by atoms with Crippen molar-refractivity contribution in [3.63, 3.8) is 0 Å². The predicted molar refractivity (Wildman–Crippen MR) is 77.3 cm³/mol. The molecule has 0 aromatic heterocycles. The zero-order chi connectivity index (χ0) is 15.2. The van der Waals surface area contributed by atoms with E-state index in [4.69, 9.17) is 15.0 Å². The molecular weight excluding hydrogens is 344 g/mol. The van der Waals surface area contributed by atoms with Crippen LogP contribution in [-0.2, 0) is 4.79 Å². The number of benzene rings is 1. The van der Waals surface area contributed by atoms with Gasteiger partial charge < -0.3 is 19.9 Å². The van der Waals surface area contributed by atoms with E-state index in [0.717, 1.165) is 0 Å². The Morgan fingerprint density at radius 2 is 2.38 bits per heavy atom. The number of nitrogens with one attached hydrogen (secondary N) is 1. The van der Waals surface area contributed by atoms with Crippen molar-refractivity contribution < 1.29 is 19.4 Å². The first kappa shape index (κ1) is 15.4. The fraction of sp³-hybridized carbons (Fsp3) is 0.417. The summed E-state index contributed by atoms with van der Waals surface area (Å²) in [6.07, 6.45) is 0.555. The number of hydrogen-bond donors (Lipinski definition) is 2. The molecule has 1 unspecified atom stereocenters. The number of carboxylic acid groups (broad SMARTS) is 1. The molecule has 0 bridgehead atoms. The molecular formula is C12H13BrN4O4. The van der Waals surface area contributed by atoms with E-state index in [1.165, 1.54) is 0 Å². The van der Waals surface area contributed by atoms with E-state index >= 15 is 0 Å². The molecule has 0 aliphatic carbocycles. The topological polar surface area (TPSA) is 117 Å². The van der Waals surface area contributed by atoms with Crippen molar-refractivity contribution in [2.75, 3.05) is 19.9 Å². The fourth-order valence-corrected chi connectivity index (χ4v) is 2.52. The molecule has 0 saturated carbocycles. The zero-order valence-electron chi connectivity index (χ0n) is 11.0. The maximum atomic E-state index is 11.4. The van der Waals surface area contributed by atoms with Crippen molar-refractivity contribution in [2.24, 2.45) is 5.11 Å². The number of halogens is 1. The van der Waals surface area contributed by atoms with E-state index < -0.39 is 12.0 Å². The largest absolute Gasteiger partial charge is 0.480 e. The quantitative estimate of drug-likeness (QED) is 0.337. The van der Waals surface area contributed by atoms with Crippen LogP contribution in [0.1, 0.15) is 18.0 Å². The molecule has 1 aliphatic heterocycles. The van der Waals surface area contributed by atoms with Crippen LogP contribution in [0.3, 0.4) is 0 Å². The highest BCUT2D eigenvalue weighted by atomic mass is 79.9. The van der Waals surface area contributed by atoms with E-state index in [9.17, 15) is 9.90 Å². The van der Waals surface area contributed by atoms with Gasteiger partial charge in [-0.25, -0.2) is 0 Å². The lowest BCUT2D eigenvalue weighted by Gasteiger charge is -2.15. The highest BCUT2D eigenvalue weighted by Gasteiger charge is 2.24. The van der Waals surface area contributed by atoms with Crippen LogP contribution in [0.4, 0.5) is 0 Å². The molecule has 9 heteroatoms. The Morgan fingerprint density at radius 3 is 3.10 bits per heavy atom. The highest BCUT2D eigenvalue weighted by Crippen LogP contribution is 2.41. The summed E-state index contributed by atoms with van der Waals surface area (Å²) in [5, 5.41) is 15.6. The first-order chi connectivity index (χ1) is 10.1. The maximum Gasteiger partial charge on any atom is 0.325 e. The minimum Gasteiger partial charge on any atom is -0.480 e. The predicted octanol–water partition coefficient (Wildman–Crippen LogP) is 2.59. The summed E-state index contributed by atoms with van der Waals surface area (Å²) in [6.45, 7) is 0.859. The van der Waals surface area contributed by atoms with Gasteiger partial charge in [0.1, 0.15) is 6.04 Å². The molecule has 0 saturated heterocycles. The molecule has 0 amide bonds. The van der Waals surface area contributed by atoms with Crippen molar-refractivity contribution in [3.8, 4) is 11.5 Å². The Hall–Kier alpha value is -1.96. The minimum absolute atomic E-state index is 0.120. The molecule has 1 aliphatic rings. The third kappa shape index (κ3) is 3.78. The van der Waals surface area contributed by atoms with Gasteiger partial charge in [-0.2, -0.15) is 0 Å². The third-order valence-electron chi connectivity index (χ3n) is 2.88. The first-order valence-electron chi connectivity index (χ1n) is 6.19. The number of ether oxygens (including phenoxy) is 2. The number of nitrogens with zero attached hydrogens (tertiary/aromatic N) is 3. The van der Waals surface area contributed by atoms with Crippen molar-refractivity contribution in [1.82, 2.24) is 5.32 Å². The molecule has 1 aromatic carbocycles. The average molecular weight is 357 g/mol. The average Bonchev–Trinajstić information content (AvgIpc) is 2.91. The first-order valence-corrected chi connectivity index (χ1v) is 6.99. The van der Waals surface area contributed by atoms with Crippen molar-refractivity contribution >= 4 is 21.9 Å². The Kier molecular flexibility index (Phi) is 5.26. The van der Waals surface area contributed by atoms with Crippen LogP contribution in [-0.4, -0.2) is 31.0 Å². The molecule has 2 N–H and O–H groups in total. The normalized spacial score (nSPS) is 13.6. The third-order valence-corrected chi connectivity index (χ3v) is 3.47. The van der Waals surface area contributed by atoms with Gasteiger partial charge in [-0.3, -0.25) is 4.79 Å². The van der Waals surface area contributed by atoms with E-state index in [0.29, 0.717) is 41.0 Å². The van der Waals surface area contributed by atoms with Gasteiger partial charge in [0, 0.05) is 11.5 Å². The van der Waals surface area contributed by atoms with Gasteiger partial charge in [0.25, 0.3) is 0 Å². The minimum atomic E-state index is -0.996. The van der Waals surface area contributed by atoms with Gasteiger partial charge in [-0.15, -0.1) is 0 Å². The van der Waals surface area contributed by atoms with Crippen molar-refractivity contribution in [3.05, 3.63) is 32.6 Å². The second-order valence-corrected chi connectivity index (χ2v) is 5.12. The van der Waals surface area contributed by atoms with Gasteiger partial charge in [-0.05, 0) is 52.1 Å². The summed E-state index contributed by atoms with van der Waals surface area (Å²) in [4.78, 5) is 14.0. The number of rotatable bonds is 7. The summed E-state index contributed by atoms with van der Waals surface area (Å²) < 4.78 is 11.2. The number of fused-ring (bicyclic) bond motifs is 1. The Bertz CT molecular complexity index is 589. The molecule has 21 heavy (non-hydrogen) atoms. The van der Waals surface area contributed by atoms with Gasteiger partial charge >= 0.3 is 5.97 Å². The summed E-state index contributed by atoms with van der Waals surface area (Å²) in [7, 11) is 0. The monoisotopic (exact) mass is 356 g/mol. The second-order valence-electron chi connectivity index (χ2n) is 4.27. The summed E-state index contributed by atoms with van der Waals surface area (Å²) >= 11 is 3.34. The lowest BCUT2D eigenvalue weighted by molar-refractivity contribution is -0.139. The molecule has 1 aromatic rings. The number of carbonyl (C=O) groups is 1.